The highest BCUT2D eigenvalue weighted by atomic mass is 32.1. The third kappa shape index (κ3) is 4.54. The predicted octanol–water partition coefficient (Wildman–Crippen LogP) is 4.75. The van der Waals surface area contributed by atoms with Gasteiger partial charge in [-0.3, -0.25) is 4.90 Å². The molecule has 0 amide bonds. The van der Waals surface area contributed by atoms with E-state index in [1.54, 1.807) is 11.3 Å². The Morgan fingerprint density at radius 1 is 1.12 bits per heavy atom. The SMILES string of the molecule is Cc1c(N2CCOCC2)ccc2c(CCC3CCN(Cc4ccc(C#N)s4)CC3)noc12. The molecule has 0 saturated carbocycles. The molecule has 4 heterocycles. The Morgan fingerprint density at radius 3 is 2.69 bits per heavy atom. The Kier molecular flexibility index (Phi) is 6.44. The quantitative estimate of drug-likeness (QED) is 0.540. The summed E-state index contributed by atoms with van der Waals surface area (Å²) >= 11 is 1.62. The maximum Gasteiger partial charge on any atom is 0.172 e. The van der Waals surface area contributed by atoms with E-state index in [0.29, 0.717) is 0 Å². The van der Waals surface area contributed by atoms with Gasteiger partial charge in [-0.1, -0.05) is 5.16 Å². The number of ether oxygens (including phenoxy) is 1. The maximum atomic E-state index is 9.01. The lowest BCUT2D eigenvalue weighted by Crippen LogP contribution is -2.36. The zero-order chi connectivity index (χ0) is 21.9. The van der Waals surface area contributed by atoms with Gasteiger partial charge in [0.15, 0.2) is 5.58 Å². The van der Waals surface area contributed by atoms with Gasteiger partial charge in [0.05, 0.1) is 18.9 Å². The van der Waals surface area contributed by atoms with Gasteiger partial charge < -0.3 is 14.2 Å². The standard InChI is InChI=1S/C25H30N4O2S/c1-18-24(29-12-14-30-15-13-29)7-5-22-23(27-31-25(18)22)6-2-19-8-10-28(11-9-19)17-21-4-3-20(16-26)32-21/h3-5,7,19H,2,6,8-15,17H2,1H3. The van der Waals surface area contributed by atoms with Gasteiger partial charge in [-0.2, -0.15) is 5.26 Å². The van der Waals surface area contributed by atoms with Crippen LogP contribution in [0.4, 0.5) is 5.69 Å². The van der Waals surface area contributed by atoms with Crippen molar-refractivity contribution < 1.29 is 9.26 Å². The Morgan fingerprint density at radius 2 is 1.94 bits per heavy atom. The Hall–Kier alpha value is -2.40. The van der Waals surface area contributed by atoms with Gasteiger partial charge in [-0.25, -0.2) is 0 Å². The molecule has 0 aliphatic carbocycles. The van der Waals surface area contributed by atoms with Crippen LogP contribution >= 0.6 is 11.3 Å². The molecule has 0 N–H and O–H groups in total. The van der Waals surface area contributed by atoms with Gasteiger partial charge >= 0.3 is 0 Å². The molecule has 2 fully saturated rings. The summed E-state index contributed by atoms with van der Waals surface area (Å²) in [5.74, 6) is 0.740. The van der Waals surface area contributed by atoms with Crippen LogP contribution in [0.1, 0.15) is 40.3 Å². The summed E-state index contributed by atoms with van der Waals surface area (Å²) < 4.78 is 11.3. The molecule has 2 saturated heterocycles. The van der Waals surface area contributed by atoms with Crippen molar-refractivity contribution >= 4 is 28.0 Å². The van der Waals surface area contributed by atoms with Crippen LogP contribution in [0.15, 0.2) is 28.8 Å². The number of hydrogen-bond donors (Lipinski definition) is 0. The van der Waals surface area contributed by atoms with Gasteiger partial charge in [0.1, 0.15) is 10.9 Å². The van der Waals surface area contributed by atoms with Crippen molar-refractivity contribution in [1.29, 1.82) is 5.26 Å². The lowest BCUT2D eigenvalue weighted by atomic mass is 9.91. The van der Waals surface area contributed by atoms with Crippen LogP contribution in [-0.2, 0) is 17.7 Å². The molecule has 0 bridgehead atoms. The first-order chi connectivity index (χ1) is 15.7. The molecular weight excluding hydrogens is 420 g/mol. The van der Waals surface area contributed by atoms with E-state index < -0.39 is 0 Å². The molecule has 0 spiro atoms. The molecule has 2 aliphatic rings. The number of rotatable bonds is 6. The zero-order valence-corrected chi connectivity index (χ0v) is 19.5. The van der Waals surface area contributed by atoms with Gasteiger partial charge in [-0.15, -0.1) is 11.3 Å². The van der Waals surface area contributed by atoms with Crippen LogP contribution < -0.4 is 4.90 Å². The molecule has 3 aromatic rings. The summed E-state index contributed by atoms with van der Waals surface area (Å²) in [4.78, 5) is 7.00. The first-order valence-corrected chi connectivity index (χ1v) is 12.4. The summed E-state index contributed by atoms with van der Waals surface area (Å²) in [6.45, 7) is 8.80. The molecule has 32 heavy (non-hydrogen) atoms. The number of benzene rings is 1. The van der Waals surface area contributed by atoms with Crippen LogP contribution in [0.3, 0.4) is 0 Å². The van der Waals surface area contributed by atoms with Crippen molar-refractivity contribution in [1.82, 2.24) is 10.1 Å². The fraction of sp³-hybridized carbons (Fsp3) is 0.520. The molecule has 6 nitrogen and oxygen atoms in total. The number of hydrogen-bond acceptors (Lipinski definition) is 7. The molecule has 2 aromatic heterocycles. The fourth-order valence-corrected chi connectivity index (χ4v) is 5.87. The smallest absolute Gasteiger partial charge is 0.172 e. The van der Waals surface area contributed by atoms with E-state index >= 15 is 0 Å². The number of fused-ring (bicyclic) bond motifs is 1. The Bertz CT molecular complexity index is 1100. The Labute approximate surface area is 193 Å². The van der Waals surface area contributed by atoms with E-state index in [1.165, 1.54) is 34.4 Å². The van der Waals surface area contributed by atoms with Crippen LogP contribution in [0.5, 0.6) is 0 Å². The Balaban J connectivity index is 1.16. The predicted molar refractivity (Wildman–Crippen MR) is 127 cm³/mol. The molecular formula is C25H30N4O2S. The molecule has 5 rings (SSSR count). The summed E-state index contributed by atoms with van der Waals surface area (Å²) in [5.41, 5.74) is 4.46. The van der Waals surface area contributed by atoms with Crippen LogP contribution in [0.2, 0.25) is 0 Å². The number of nitriles is 1. The second-order valence-electron chi connectivity index (χ2n) is 8.95. The summed E-state index contributed by atoms with van der Waals surface area (Å²) in [7, 11) is 0. The number of morpholine rings is 1. The van der Waals surface area contributed by atoms with E-state index in [9.17, 15) is 0 Å². The molecule has 2 aliphatic heterocycles. The lowest BCUT2D eigenvalue weighted by Gasteiger charge is -2.31. The number of likely N-dealkylation sites (tertiary alicyclic amines) is 1. The van der Waals surface area contributed by atoms with Crippen molar-refractivity contribution in [3.63, 3.8) is 0 Å². The molecule has 0 radical (unpaired) electrons. The van der Waals surface area contributed by atoms with E-state index in [1.807, 2.05) is 6.07 Å². The van der Waals surface area contributed by atoms with Gasteiger partial charge in [0.2, 0.25) is 0 Å². The molecule has 0 unspecified atom stereocenters. The largest absolute Gasteiger partial charge is 0.378 e. The third-order valence-electron chi connectivity index (χ3n) is 6.93. The number of aromatic nitrogens is 1. The monoisotopic (exact) mass is 450 g/mol. The lowest BCUT2D eigenvalue weighted by molar-refractivity contribution is 0.122. The molecule has 0 atom stereocenters. The van der Waals surface area contributed by atoms with Gasteiger partial charge in [-0.05, 0) is 75.9 Å². The van der Waals surface area contributed by atoms with Crippen molar-refractivity contribution in [2.45, 2.75) is 39.2 Å². The fourth-order valence-electron chi connectivity index (χ4n) is 5.02. The summed E-state index contributed by atoms with van der Waals surface area (Å²) in [6.07, 6.45) is 4.60. The summed E-state index contributed by atoms with van der Waals surface area (Å²) in [5, 5.41) is 14.6. The van der Waals surface area contributed by atoms with E-state index in [4.69, 9.17) is 14.5 Å². The first-order valence-electron chi connectivity index (χ1n) is 11.6. The second kappa shape index (κ2) is 9.62. The molecule has 7 heteroatoms. The van der Waals surface area contributed by atoms with E-state index in [2.05, 4.69) is 46.1 Å². The van der Waals surface area contributed by atoms with Crippen molar-refractivity contribution in [3.05, 3.63) is 45.3 Å². The van der Waals surface area contributed by atoms with Gasteiger partial charge in [0, 0.05) is 41.1 Å². The molecule has 1 aromatic carbocycles. The van der Waals surface area contributed by atoms with Crippen LogP contribution in [0.25, 0.3) is 11.0 Å². The maximum absolute atomic E-state index is 9.01. The van der Waals surface area contributed by atoms with Gasteiger partial charge in [0.25, 0.3) is 0 Å². The minimum atomic E-state index is 0.740. The van der Waals surface area contributed by atoms with Crippen LogP contribution in [0, 0.1) is 24.2 Å². The number of piperidine rings is 1. The molecule has 168 valence electrons. The van der Waals surface area contributed by atoms with Crippen molar-refractivity contribution in [3.8, 4) is 6.07 Å². The number of thiophene rings is 1. The highest BCUT2D eigenvalue weighted by molar-refractivity contribution is 7.12. The first kappa shape index (κ1) is 21.4. The average Bonchev–Trinajstić information content (AvgIpc) is 3.47. The third-order valence-corrected chi connectivity index (χ3v) is 7.91. The van der Waals surface area contributed by atoms with E-state index in [0.717, 1.165) is 80.9 Å². The topological polar surface area (TPSA) is 65.5 Å². The average molecular weight is 451 g/mol. The van der Waals surface area contributed by atoms with Crippen molar-refractivity contribution in [2.24, 2.45) is 5.92 Å². The number of anilines is 1. The zero-order valence-electron chi connectivity index (χ0n) is 18.7. The minimum absolute atomic E-state index is 0.740. The van der Waals surface area contributed by atoms with Crippen LogP contribution in [-0.4, -0.2) is 49.4 Å². The summed E-state index contributed by atoms with van der Waals surface area (Å²) in [6, 6.07) is 10.7. The number of aryl methyl sites for hydroxylation is 2. The highest BCUT2D eigenvalue weighted by Gasteiger charge is 2.22. The van der Waals surface area contributed by atoms with E-state index in [-0.39, 0.29) is 0 Å². The highest BCUT2D eigenvalue weighted by Crippen LogP contribution is 2.32. The van der Waals surface area contributed by atoms with Crippen molar-refractivity contribution in [2.75, 3.05) is 44.3 Å². The second-order valence-corrected chi connectivity index (χ2v) is 10.1. The normalized spacial score (nSPS) is 18.3. The minimum Gasteiger partial charge on any atom is -0.378 e. The number of nitrogens with zero attached hydrogens (tertiary/aromatic N) is 4.